The standard InChI is InChI=1S/Al.H3O3P.3H/c;1-4(2)3;;;/h;1-3H;;;. The Labute approximate surface area is 41.4 Å². The second-order valence-electron chi connectivity index (χ2n) is 0.268. The molecule has 3 nitrogen and oxygen atoms in total. The van der Waals surface area contributed by atoms with E-state index < -0.39 is 8.60 Å². The molecule has 0 unspecified atom stereocenters. The van der Waals surface area contributed by atoms with Gasteiger partial charge in [0.05, 0.1) is 0 Å². The molecule has 0 aliphatic heterocycles. The van der Waals surface area contributed by atoms with Gasteiger partial charge in [0, 0.05) is 0 Å². The van der Waals surface area contributed by atoms with Crippen LogP contribution in [0.15, 0.2) is 0 Å². The SMILES string of the molecule is OP(O)O.[AlH3]. The van der Waals surface area contributed by atoms with E-state index in [-0.39, 0.29) is 17.4 Å². The van der Waals surface area contributed by atoms with E-state index in [0.29, 0.717) is 0 Å². The summed E-state index contributed by atoms with van der Waals surface area (Å²) in [7, 11) is -2.62. The molecule has 0 heterocycles. The molecule has 0 aromatic carbocycles. The van der Waals surface area contributed by atoms with E-state index in [1.807, 2.05) is 0 Å². The van der Waals surface area contributed by atoms with E-state index in [4.69, 9.17) is 14.7 Å². The van der Waals surface area contributed by atoms with Gasteiger partial charge < -0.3 is 14.7 Å². The maximum Gasteiger partial charge on any atom is 0.324 e. The zero-order chi connectivity index (χ0) is 3.58. The highest BCUT2D eigenvalue weighted by Crippen LogP contribution is 2.11. The normalized spacial score (nSPS) is 7.20. The van der Waals surface area contributed by atoms with Gasteiger partial charge in [0.2, 0.25) is 0 Å². The molecule has 0 spiro atoms. The molecule has 32 valence electrons. The molecule has 0 amide bonds. The van der Waals surface area contributed by atoms with Crippen molar-refractivity contribution in [3.8, 4) is 0 Å². The van der Waals surface area contributed by atoms with E-state index in [1.165, 1.54) is 0 Å². The Balaban J connectivity index is 0. The summed E-state index contributed by atoms with van der Waals surface area (Å²) in [6, 6.07) is 0. The van der Waals surface area contributed by atoms with Crippen molar-refractivity contribution >= 4 is 26.0 Å². The Morgan fingerprint density at radius 1 is 1.00 bits per heavy atom. The lowest BCUT2D eigenvalue weighted by Gasteiger charge is -1.76. The topological polar surface area (TPSA) is 60.7 Å². The molecule has 0 aromatic rings. The lowest BCUT2D eigenvalue weighted by molar-refractivity contribution is 0.368. The summed E-state index contributed by atoms with van der Waals surface area (Å²) < 4.78 is 0. The Bertz CT molecular complexity index is 11.6. The number of hydrogen-bond donors (Lipinski definition) is 3. The number of hydrogen-bond acceptors (Lipinski definition) is 3. The molecule has 0 atom stereocenters. The van der Waals surface area contributed by atoms with Crippen molar-refractivity contribution in [1.82, 2.24) is 0 Å². The minimum atomic E-state index is -2.62. The lowest BCUT2D eigenvalue weighted by atomic mass is 15.8. The molecule has 5 heavy (non-hydrogen) atoms. The highest BCUT2D eigenvalue weighted by atomic mass is 31.2. The van der Waals surface area contributed by atoms with Gasteiger partial charge in [0.25, 0.3) is 0 Å². The third kappa shape index (κ3) is 55.1. The smallest absolute Gasteiger partial charge is 0.324 e. The Morgan fingerprint density at radius 3 is 1.00 bits per heavy atom. The van der Waals surface area contributed by atoms with E-state index in [2.05, 4.69) is 0 Å². The Morgan fingerprint density at radius 2 is 1.00 bits per heavy atom. The average Bonchev–Trinajstić information content (AvgIpc) is 0.811. The van der Waals surface area contributed by atoms with Crippen LogP contribution in [0.1, 0.15) is 0 Å². The third-order valence-electron chi connectivity index (χ3n) is 0. The molecule has 0 aliphatic rings. The summed E-state index contributed by atoms with van der Waals surface area (Å²) >= 11 is 0. The fourth-order valence-corrected chi connectivity index (χ4v) is 0. The van der Waals surface area contributed by atoms with Crippen LogP contribution in [0.4, 0.5) is 0 Å². The van der Waals surface area contributed by atoms with Crippen LogP contribution in [0.25, 0.3) is 0 Å². The van der Waals surface area contributed by atoms with E-state index in [0.717, 1.165) is 0 Å². The zero-order valence-corrected chi connectivity index (χ0v) is 2.68. The van der Waals surface area contributed by atoms with Crippen LogP contribution in [0, 0.1) is 0 Å². The summed E-state index contributed by atoms with van der Waals surface area (Å²) in [4.78, 5) is 21.7. The van der Waals surface area contributed by atoms with Crippen molar-refractivity contribution in [3.05, 3.63) is 0 Å². The quantitative estimate of drug-likeness (QED) is 0.251. The molecule has 0 bridgehead atoms. The maximum atomic E-state index is 7.23. The maximum absolute atomic E-state index is 7.23. The van der Waals surface area contributed by atoms with Crippen LogP contribution in [0.2, 0.25) is 0 Å². The second kappa shape index (κ2) is 4.84. The molecule has 0 rings (SSSR count). The molecule has 0 fully saturated rings. The van der Waals surface area contributed by atoms with Crippen molar-refractivity contribution in [2.45, 2.75) is 0 Å². The highest BCUT2D eigenvalue weighted by molar-refractivity contribution is 7.38. The van der Waals surface area contributed by atoms with Gasteiger partial charge in [-0.2, -0.15) is 0 Å². The molecule has 0 aromatic heterocycles. The van der Waals surface area contributed by atoms with E-state index in [1.54, 1.807) is 0 Å². The van der Waals surface area contributed by atoms with Crippen molar-refractivity contribution in [2.75, 3.05) is 0 Å². The molecule has 0 saturated heterocycles. The second-order valence-corrected chi connectivity index (χ2v) is 0.805. The summed E-state index contributed by atoms with van der Waals surface area (Å²) in [6.45, 7) is 0. The van der Waals surface area contributed by atoms with Gasteiger partial charge in [-0.15, -0.1) is 0 Å². The molecule has 5 heteroatoms. The van der Waals surface area contributed by atoms with Crippen LogP contribution in [0.5, 0.6) is 0 Å². The summed E-state index contributed by atoms with van der Waals surface area (Å²) in [5, 5.41) is 0. The van der Waals surface area contributed by atoms with Gasteiger partial charge in [-0.1, -0.05) is 0 Å². The molecule has 0 aliphatic carbocycles. The highest BCUT2D eigenvalue weighted by Gasteiger charge is 1.76. The fourth-order valence-electron chi connectivity index (χ4n) is 0. The largest absolute Gasteiger partial charge is 0.328 e. The van der Waals surface area contributed by atoms with Crippen LogP contribution in [0.3, 0.4) is 0 Å². The van der Waals surface area contributed by atoms with Crippen LogP contribution >= 0.6 is 8.60 Å². The van der Waals surface area contributed by atoms with Crippen LogP contribution in [-0.4, -0.2) is 32.0 Å². The van der Waals surface area contributed by atoms with Gasteiger partial charge in [-0.3, -0.25) is 0 Å². The molecule has 0 saturated carbocycles. The predicted molar refractivity (Wildman–Crippen MR) is 23.5 cm³/mol. The van der Waals surface area contributed by atoms with Crippen molar-refractivity contribution in [1.29, 1.82) is 0 Å². The molecular weight excluding hydrogens is 106 g/mol. The van der Waals surface area contributed by atoms with Gasteiger partial charge in [-0.25, -0.2) is 0 Å². The zero-order valence-electron chi connectivity index (χ0n) is 1.79. The summed E-state index contributed by atoms with van der Waals surface area (Å²) in [5.41, 5.74) is 0. The minimum Gasteiger partial charge on any atom is -0.328 e. The van der Waals surface area contributed by atoms with Gasteiger partial charge in [0.1, 0.15) is 0 Å². The lowest BCUT2D eigenvalue weighted by Crippen LogP contribution is -1.54. The summed E-state index contributed by atoms with van der Waals surface area (Å²) in [5.74, 6) is 0. The van der Waals surface area contributed by atoms with E-state index >= 15 is 0 Å². The first-order valence-electron chi connectivity index (χ1n) is 0.600. The van der Waals surface area contributed by atoms with Gasteiger partial charge in [0.15, 0.2) is 17.4 Å². The van der Waals surface area contributed by atoms with E-state index in [9.17, 15) is 0 Å². The van der Waals surface area contributed by atoms with Gasteiger partial charge >= 0.3 is 8.60 Å². The first-order chi connectivity index (χ1) is 1.73. The Kier molecular flexibility index (Phi) is 8.99. The molecular formula is H6AlO3P. The average molecular weight is 112 g/mol. The minimum absolute atomic E-state index is 0. The van der Waals surface area contributed by atoms with Crippen molar-refractivity contribution in [3.63, 3.8) is 0 Å². The third-order valence-corrected chi connectivity index (χ3v) is 0. The molecule has 0 radical (unpaired) electrons. The summed E-state index contributed by atoms with van der Waals surface area (Å²) in [6.07, 6.45) is 0. The van der Waals surface area contributed by atoms with Crippen molar-refractivity contribution in [2.24, 2.45) is 0 Å². The van der Waals surface area contributed by atoms with Crippen LogP contribution < -0.4 is 0 Å². The Hall–Kier alpha value is 0.842. The fraction of sp³-hybridized carbons (Fsp3) is 0. The first-order valence-corrected chi connectivity index (χ1v) is 1.80. The van der Waals surface area contributed by atoms with Gasteiger partial charge in [-0.05, 0) is 0 Å². The monoisotopic (exact) mass is 112 g/mol. The van der Waals surface area contributed by atoms with Crippen molar-refractivity contribution < 1.29 is 14.7 Å². The van der Waals surface area contributed by atoms with Crippen LogP contribution in [-0.2, 0) is 0 Å². The number of rotatable bonds is 0. The predicted octanol–water partition coefficient (Wildman–Crippen LogP) is -1.99. The first kappa shape index (κ1) is 9.28. The molecule has 3 N–H and O–H groups in total.